The molecule has 1 amide bonds. The maximum absolute atomic E-state index is 12.0. The van der Waals surface area contributed by atoms with Crippen LogP contribution in [0.1, 0.15) is 32.8 Å². The van der Waals surface area contributed by atoms with Gasteiger partial charge in [0, 0.05) is 29.2 Å². The van der Waals surface area contributed by atoms with Crippen molar-refractivity contribution in [3.05, 3.63) is 22.7 Å². The number of amides is 1. The molecular weight excluding hydrogens is 292 g/mol. The van der Waals surface area contributed by atoms with Gasteiger partial charge in [-0.15, -0.1) is 0 Å². The zero-order valence-electron chi connectivity index (χ0n) is 12.9. The fourth-order valence-corrected chi connectivity index (χ4v) is 1.98. The number of nitrogens with two attached hydrogens (primary N) is 1. The van der Waals surface area contributed by atoms with Crippen molar-refractivity contribution < 1.29 is 14.3 Å². The van der Waals surface area contributed by atoms with Crippen molar-refractivity contribution in [3.8, 4) is 11.5 Å². The number of carbonyl (C=O) groups excluding carboxylic acids is 1. The van der Waals surface area contributed by atoms with Crippen LogP contribution in [-0.4, -0.2) is 25.2 Å². The third-order valence-corrected chi connectivity index (χ3v) is 3.42. The van der Waals surface area contributed by atoms with Crippen LogP contribution in [0.3, 0.4) is 0 Å². The van der Waals surface area contributed by atoms with Crippen LogP contribution in [0, 0.1) is 0 Å². The van der Waals surface area contributed by atoms with Crippen molar-refractivity contribution in [3.63, 3.8) is 0 Å². The molecule has 0 spiro atoms. The number of carbonyl (C=O) groups is 1. The molecule has 0 saturated heterocycles. The summed E-state index contributed by atoms with van der Waals surface area (Å²) >= 11 is 6.00. The van der Waals surface area contributed by atoms with E-state index in [4.69, 9.17) is 26.8 Å². The van der Waals surface area contributed by atoms with E-state index in [0.29, 0.717) is 22.1 Å². The smallest absolute Gasteiger partial charge is 0.260 e. The first kappa shape index (κ1) is 17.6. The Bertz CT molecular complexity index is 469. The van der Waals surface area contributed by atoms with Gasteiger partial charge in [-0.25, -0.2) is 0 Å². The van der Waals surface area contributed by atoms with E-state index in [9.17, 15) is 4.79 Å². The molecule has 0 radical (unpaired) electrons. The van der Waals surface area contributed by atoms with Crippen molar-refractivity contribution in [1.82, 2.24) is 5.32 Å². The van der Waals surface area contributed by atoms with Gasteiger partial charge in [-0.1, -0.05) is 18.5 Å². The van der Waals surface area contributed by atoms with Gasteiger partial charge in [-0.2, -0.15) is 0 Å². The van der Waals surface area contributed by atoms with Crippen molar-refractivity contribution in [1.29, 1.82) is 0 Å². The molecule has 118 valence electrons. The van der Waals surface area contributed by atoms with Crippen LogP contribution in [0.15, 0.2) is 12.1 Å². The maximum Gasteiger partial charge on any atom is 0.260 e. The lowest BCUT2D eigenvalue weighted by molar-refractivity contribution is -0.127. The van der Waals surface area contributed by atoms with Gasteiger partial charge in [0.25, 0.3) is 5.91 Å². The van der Waals surface area contributed by atoms with E-state index in [0.717, 1.165) is 6.42 Å². The molecule has 0 aromatic heterocycles. The molecule has 0 fully saturated rings. The van der Waals surface area contributed by atoms with Crippen LogP contribution in [0.5, 0.6) is 11.5 Å². The predicted molar refractivity (Wildman–Crippen MR) is 83.9 cm³/mol. The van der Waals surface area contributed by atoms with Crippen LogP contribution < -0.4 is 20.5 Å². The van der Waals surface area contributed by atoms with Gasteiger partial charge >= 0.3 is 0 Å². The Morgan fingerprint density at radius 1 is 1.43 bits per heavy atom. The molecule has 1 aromatic carbocycles. The summed E-state index contributed by atoms with van der Waals surface area (Å²) in [6, 6.07) is 3.44. The van der Waals surface area contributed by atoms with Crippen LogP contribution >= 0.6 is 11.6 Å². The van der Waals surface area contributed by atoms with Crippen LogP contribution in [-0.2, 0) is 11.3 Å². The first-order chi connectivity index (χ1) is 9.92. The van der Waals surface area contributed by atoms with E-state index in [2.05, 4.69) is 5.32 Å². The average Bonchev–Trinajstić information content (AvgIpc) is 2.47. The van der Waals surface area contributed by atoms with Crippen molar-refractivity contribution in [2.75, 3.05) is 7.11 Å². The largest absolute Gasteiger partial charge is 0.493 e. The summed E-state index contributed by atoms with van der Waals surface area (Å²) in [4.78, 5) is 12.0. The monoisotopic (exact) mass is 314 g/mol. The van der Waals surface area contributed by atoms with E-state index in [1.807, 2.05) is 13.8 Å². The van der Waals surface area contributed by atoms with Gasteiger partial charge in [-0.05, 0) is 26.3 Å². The highest BCUT2D eigenvalue weighted by Gasteiger charge is 2.20. The Hall–Kier alpha value is -1.46. The zero-order valence-corrected chi connectivity index (χ0v) is 13.7. The minimum absolute atomic E-state index is 0.102. The zero-order chi connectivity index (χ0) is 16.0. The van der Waals surface area contributed by atoms with Gasteiger partial charge in [-0.3, -0.25) is 4.79 Å². The molecule has 2 unspecified atom stereocenters. The topological polar surface area (TPSA) is 73.6 Å². The highest BCUT2D eigenvalue weighted by molar-refractivity contribution is 6.30. The lowest BCUT2D eigenvalue weighted by atomic mass is 10.1. The lowest BCUT2D eigenvalue weighted by Crippen LogP contribution is -2.41. The van der Waals surface area contributed by atoms with Gasteiger partial charge in [0.2, 0.25) is 0 Å². The summed E-state index contributed by atoms with van der Waals surface area (Å²) in [5.41, 5.74) is 6.40. The molecule has 5 nitrogen and oxygen atoms in total. The first-order valence-electron chi connectivity index (χ1n) is 6.96. The van der Waals surface area contributed by atoms with E-state index in [-0.39, 0.29) is 18.5 Å². The Balaban J connectivity index is 2.93. The van der Waals surface area contributed by atoms with E-state index in [1.165, 1.54) is 7.11 Å². The second-order valence-corrected chi connectivity index (χ2v) is 5.31. The summed E-state index contributed by atoms with van der Waals surface area (Å²) < 4.78 is 11.0. The van der Waals surface area contributed by atoms with Crippen molar-refractivity contribution in [2.24, 2.45) is 5.73 Å². The fraction of sp³-hybridized carbons (Fsp3) is 0.533. The summed E-state index contributed by atoms with van der Waals surface area (Å²) in [6.07, 6.45) is 0.205. The molecule has 1 aromatic rings. The number of halogens is 1. The third-order valence-electron chi connectivity index (χ3n) is 3.20. The second kappa shape index (κ2) is 8.10. The van der Waals surface area contributed by atoms with Crippen molar-refractivity contribution in [2.45, 2.75) is 45.9 Å². The van der Waals surface area contributed by atoms with Crippen molar-refractivity contribution >= 4 is 17.5 Å². The Morgan fingerprint density at radius 3 is 2.62 bits per heavy atom. The molecule has 3 N–H and O–H groups in total. The molecule has 0 aliphatic rings. The molecule has 0 aliphatic carbocycles. The lowest BCUT2D eigenvalue weighted by Gasteiger charge is -2.21. The molecule has 0 heterocycles. The van der Waals surface area contributed by atoms with Gasteiger partial charge < -0.3 is 20.5 Å². The summed E-state index contributed by atoms with van der Waals surface area (Å²) in [5, 5.41) is 3.38. The molecule has 0 bridgehead atoms. The number of nitrogens with one attached hydrogen (secondary N) is 1. The minimum atomic E-state index is -0.653. The predicted octanol–water partition coefficient (Wildman–Crippen LogP) is 2.49. The first-order valence-corrected chi connectivity index (χ1v) is 7.34. The Kier molecular flexibility index (Phi) is 6.78. The van der Waals surface area contributed by atoms with Gasteiger partial charge in [0.05, 0.1) is 7.11 Å². The standard InChI is InChI=1S/C15H23ClN2O3/c1-5-9(2)18-15(19)10(3)21-14-11(8-17)6-12(16)7-13(14)20-4/h6-7,9-10H,5,8,17H2,1-4H3,(H,18,19). The van der Waals surface area contributed by atoms with Gasteiger partial charge in [0.15, 0.2) is 17.6 Å². The highest BCUT2D eigenvalue weighted by Crippen LogP contribution is 2.35. The number of methoxy groups -OCH3 is 1. The second-order valence-electron chi connectivity index (χ2n) is 4.88. The summed E-state index contributed by atoms with van der Waals surface area (Å²) in [7, 11) is 1.52. The molecule has 2 atom stereocenters. The fourth-order valence-electron chi connectivity index (χ4n) is 1.75. The number of ether oxygens (including phenoxy) is 2. The molecule has 6 heteroatoms. The molecular formula is C15H23ClN2O3. The van der Waals surface area contributed by atoms with Crippen LogP contribution in [0.25, 0.3) is 0 Å². The average molecular weight is 315 g/mol. The SMILES string of the molecule is CCC(C)NC(=O)C(C)Oc1c(CN)cc(Cl)cc1OC. The Morgan fingerprint density at radius 2 is 2.10 bits per heavy atom. The molecule has 0 aliphatic heterocycles. The van der Waals surface area contributed by atoms with Crippen LogP contribution in [0.4, 0.5) is 0 Å². The summed E-state index contributed by atoms with van der Waals surface area (Å²) in [5.74, 6) is 0.742. The molecule has 21 heavy (non-hydrogen) atoms. The van der Waals surface area contributed by atoms with E-state index >= 15 is 0 Å². The minimum Gasteiger partial charge on any atom is -0.493 e. The summed E-state index contributed by atoms with van der Waals surface area (Å²) in [6.45, 7) is 5.88. The quantitative estimate of drug-likeness (QED) is 0.811. The third kappa shape index (κ3) is 4.79. The number of hydrogen-bond donors (Lipinski definition) is 2. The van der Waals surface area contributed by atoms with E-state index < -0.39 is 6.10 Å². The van der Waals surface area contributed by atoms with Gasteiger partial charge in [0.1, 0.15) is 0 Å². The number of rotatable bonds is 7. The molecule has 1 rings (SSSR count). The highest BCUT2D eigenvalue weighted by atomic mass is 35.5. The maximum atomic E-state index is 12.0. The normalized spacial score (nSPS) is 13.4. The Labute approximate surface area is 130 Å². The number of benzene rings is 1. The van der Waals surface area contributed by atoms with Crippen LogP contribution in [0.2, 0.25) is 5.02 Å². The van der Waals surface area contributed by atoms with E-state index in [1.54, 1.807) is 19.1 Å². The number of hydrogen-bond acceptors (Lipinski definition) is 4. The molecule has 0 saturated carbocycles.